The summed E-state index contributed by atoms with van der Waals surface area (Å²) < 4.78 is 0. The Kier molecular flexibility index (Phi) is 3.14. The lowest BCUT2D eigenvalue weighted by Gasteiger charge is -2.32. The molecule has 1 saturated carbocycles. The van der Waals surface area contributed by atoms with Crippen LogP contribution in [-0.2, 0) is 0 Å². The molecule has 1 aliphatic carbocycles. The summed E-state index contributed by atoms with van der Waals surface area (Å²) in [5.41, 5.74) is 11.7. The summed E-state index contributed by atoms with van der Waals surface area (Å²) in [6.07, 6.45) is 6.65. The first-order valence-electron chi connectivity index (χ1n) is 7.14. The second-order valence-electron chi connectivity index (χ2n) is 6.01. The molecule has 3 rings (SSSR count). The highest BCUT2D eigenvalue weighted by atomic mass is 15.3. The van der Waals surface area contributed by atoms with Gasteiger partial charge in [0.05, 0.1) is 0 Å². The Bertz CT molecular complexity index is 413. The molecule has 0 aromatic heterocycles. The molecule has 6 nitrogen and oxygen atoms in total. The predicted molar refractivity (Wildman–Crippen MR) is 76.1 cm³/mol. The van der Waals surface area contributed by atoms with Crippen LogP contribution in [0.15, 0.2) is 16.9 Å². The van der Waals surface area contributed by atoms with Gasteiger partial charge in [0.2, 0.25) is 0 Å². The van der Waals surface area contributed by atoms with Crippen LogP contribution < -0.4 is 22.1 Å². The lowest BCUT2D eigenvalue weighted by atomic mass is 10.0. The van der Waals surface area contributed by atoms with E-state index in [1.807, 2.05) is 7.05 Å². The van der Waals surface area contributed by atoms with Crippen molar-refractivity contribution >= 4 is 5.96 Å². The molecule has 106 valence electrons. The SMILES string of the molecule is CN[C@H]1CCN(C2=CC(N)(CC3CC3)N=C(N)N2)C1. The van der Waals surface area contributed by atoms with E-state index in [-0.39, 0.29) is 0 Å². The number of hydrogen-bond acceptors (Lipinski definition) is 6. The molecule has 2 atom stereocenters. The molecular weight excluding hydrogens is 240 g/mol. The van der Waals surface area contributed by atoms with Gasteiger partial charge in [0, 0.05) is 19.1 Å². The van der Waals surface area contributed by atoms with E-state index in [1.165, 1.54) is 12.8 Å². The first-order chi connectivity index (χ1) is 9.08. The van der Waals surface area contributed by atoms with Gasteiger partial charge in [0.25, 0.3) is 0 Å². The van der Waals surface area contributed by atoms with Crippen LogP contribution in [0.3, 0.4) is 0 Å². The molecule has 2 aliphatic heterocycles. The number of likely N-dealkylation sites (tertiary alicyclic amines) is 1. The van der Waals surface area contributed by atoms with E-state index in [2.05, 4.69) is 26.6 Å². The molecule has 0 aromatic carbocycles. The molecule has 0 radical (unpaired) electrons. The minimum atomic E-state index is -0.621. The van der Waals surface area contributed by atoms with Crippen molar-refractivity contribution in [2.45, 2.75) is 37.4 Å². The van der Waals surface area contributed by atoms with Gasteiger partial charge in [0.1, 0.15) is 11.5 Å². The molecule has 2 fully saturated rings. The van der Waals surface area contributed by atoms with Gasteiger partial charge in [-0.1, -0.05) is 12.8 Å². The molecule has 1 saturated heterocycles. The highest BCUT2D eigenvalue weighted by Gasteiger charge is 2.36. The van der Waals surface area contributed by atoms with Crippen LogP contribution in [0, 0.1) is 5.92 Å². The van der Waals surface area contributed by atoms with Gasteiger partial charge < -0.3 is 27.0 Å². The fourth-order valence-corrected chi connectivity index (χ4v) is 2.96. The summed E-state index contributed by atoms with van der Waals surface area (Å²) in [5.74, 6) is 2.18. The Labute approximate surface area is 114 Å². The van der Waals surface area contributed by atoms with Crippen molar-refractivity contribution in [2.75, 3.05) is 20.1 Å². The number of guanidine groups is 1. The predicted octanol–water partition coefficient (Wildman–Crippen LogP) is -0.505. The van der Waals surface area contributed by atoms with E-state index < -0.39 is 5.66 Å². The third-order valence-electron chi connectivity index (χ3n) is 4.22. The van der Waals surface area contributed by atoms with Gasteiger partial charge in [-0.25, -0.2) is 4.99 Å². The van der Waals surface area contributed by atoms with Gasteiger partial charge in [-0.05, 0) is 31.9 Å². The third kappa shape index (κ3) is 2.84. The van der Waals surface area contributed by atoms with E-state index in [4.69, 9.17) is 11.5 Å². The summed E-state index contributed by atoms with van der Waals surface area (Å²) in [4.78, 5) is 6.70. The summed E-state index contributed by atoms with van der Waals surface area (Å²) in [7, 11) is 2.01. The summed E-state index contributed by atoms with van der Waals surface area (Å²) in [6.45, 7) is 2.01. The normalized spacial score (nSPS) is 34.8. The maximum Gasteiger partial charge on any atom is 0.196 e. The fraction of sp³-hybridized carbons (Fsp3) is 0.769. The van der Waals surface area contributed by atoms with E-state index in [0.29, 0.717) is 12.0 Å². The average Bonchev–Trinajstić information content (AvgIpc) is 3.01. The van der Waals surface area contributed by atoms with Crippen LogP contribution in [0.5, 0.6) is 0 Å². The Morgan fingerprint density at radius 2 is 2.32 bits per heavy atom. The van der Waals surface area contributed by atoms with Crippen molar-refractivity contribution in [3.8, 4) is 0 Å². The topological polar surface area (TPSA) is 91.7 Å². The van der Waals surface area contributed by atoms with Crippen molar-refractivity contribution < 1.29 is 0 Å². The quantitative estimate of drug-likeness (QED) is 0.549. The van der Waals surface area contributed by atoms with Crippen molar-refractivity contribution in [1.29, 1.82) is 0 Å². The Morgan fingerprint density at radius 1 is 1.53 bits per heavy atom. The molecular formula is C13H24N6. The van der Waals surface area contributed by atoms with Crippen molar-refractivity contribution in [3.05, 3.63) is 11.9 Å². The van der Waals surface area contributed by atoms with Crippen LogP contribution in [0.4, 0.5) is 0 Å². The molecule has 1 unspecified atom stereocenters. The van der Waals surface area contributed by atoms with E-state index in [9.17, 15) is 0 Å². The summed E-state index contributed by atoms with van der Waals surface area (Å²) in [5, 5.41) is 6.48. The lowest BCUT2D eigenvalue weighted by Crippen LogP contribution is -2.50. The molecule has 0 amide bonds. The van der Waals surface area contributed by atoms with E-state index >= 15 is 0 Å². The Hall–Kier alpha value is -1.27. The number of nitrogens with one attached hydrogen (secondary N) is 2. The van der Waals surface area contributed by atoms with Crippen LogP contribution in [0.2, 0.25) is 0 Å². The number of hydrogen-bond donors (Lipinski definition) is 4. The van der Waals surface area contributed by atoms with E-state index in [0.717, 1.165) is 37.7 Å². The minimum Gasteiger partial charge on any atom is -0.370 e. The first kappa shape index (κ1) is 12.7. The number of nitrogens with zero attached hydrogens (tertiary/aromatic N) is 2. The zero-order valence-electron chi connectivity index (χ0n) is 11.5. The smallest absolute Gasteiger partial charge is 0.196 e. The average molecular weight is 264 g/mol. The first-order valence-corrected chi connectivity index (χ1v) is 7.14. The van der Waals surface area contributed by atoms with Crippen LogP contribution in [-0.4, -0.2) is 42.7 Å². The lowest BCUT2D eigenvalue weighted by molar-refractivity contribution is 0.369. The Morgan fingerprint density at radius 3 is 2.95 bits per heavy atom. The minimum absolute atomic E-state index is 0.438. The number of aliphatic imine (C=N–C) groups is 1. The molecule has 0 spiro atoms. The van der Waals surface area contributed by atoms with Gasteiger partial charge in [-0.3, -0.25) is 0 Å². The number of nitrogens with two attached hydrogens (primary N) is 2. The van der Waals surface area contributed by atoms with Gasteiger partial charge in [-0.15, -0.1) is 0 Å². The molecule has 0 aromatic rings. The zero-order chi connectivity index (χ0) is 13.5. The van der Waals surface area contributed by atoms with Crippen molar-refractivity contribution in [2.24, 2.45) is 22.4 Å². The molecule has 0 bridgehead atoms. The van der Waals surface area contributed by atoms with Crippen molar-refractivity contribution in [3.63, 3.8) is 0 Å². The zero-order valence-corrected chi connectivity index (χ0v) is 11.5. The third-order valence-corrected chi connectivity index (χ3v) is 4.22. The molecule has 19 heavy (non-hydrogen) atoms. The van der Waals surface area contributed by atoms with E-state index in [1.54, 1.807) is 0 Å². The summed E-state index contributed by atoms with van der Waals surface area (Å²) >= 11 is 0. The monoisotopic (exact) mass is 264 g/mol. The maximum absolute atomic E-state index is 6.39. The summed E-state index contributed by atoms with van der Waals surface area (Å²) in [6, 6.07) is 0.540. The largest absolute Gasteiger partial charge is 0.370 e. The second kappa shape index (κ2) is 4.68. The fourth-order valence-electron chi connectivity index (χ4n) is 2.96. The molecule has 2 heterocycles. The van der Waals surface area contributed by atoms with Gasteiger partial charge in [0.15, 0.2) is 5.96 Å². The van der Waals surface area contributed by atoms with Gasteiger partial charge >= 0.3 is 0 Å². The molecule has 3 aliphatic rings. The number of likely N-dealkylation sites (N-methyl/N-ethyl adjacent to an activating group) is 1. The highest BCUT2D eigenvalue weighted by molar-refractivity contribution is 5.81. The van der Waals surface area contributed by atoms with Crippen LogP contribution >= 0.6 is 0 Å². The van der Waals surface area contributed by atoms with Crippen LogP contribution in [0.25, 0.3) is 0 Å². The molecule has 6 heteroatoms. The maximum atomic E-state index is 6.39. The number of rotatable bonds is 4. The highest BCUT2D eigenvalue weighted by Crippen LogP contribution is 2.37. The molecule has 6 N–H and O–H groups in total. The van der Waals surface area contributed by atoms with Crippen molar-refractivity contribution in [1.82, 2.24) is 15.5 Å². The van der Waals surface area contributed by atoms with Crippen LogP contribution in [0.1, 0.15) is 25.7 Å². The van der Waals surface area contributed by atoms with Gasteiger partial charge in [-0.2, -0.15) is 0 Å². The standard InChI is InChI=1S/C13H24N6/c1-16-10-4-5-19(8-10)11-7-13(15,6-9-2-3-9)18-12(14)17-11/h7,9-10,16H,2-6,8,15H2,1H3,(H3,14,17,18)/t10-,13?/m0/s1. The second-order valence-corrected chi connectivity index (χ2v) is 6.01. The Balaban J connectivity index is 1.73.